The van der Waals surface area contributed by atoms with Crippen molar-refractivity contribution in [2.45, 2.75) is 45.6 Å². The Balaban J connectivity index is 0. The molecule has 0 saturated carbocycles. The molecule has 0 aromatic rings. The van der Waals surface area contributed by atoms with E-state index >= 15 is 0 Å². The first-order chi connectivity index (χ1) is 15.2. The minimum absolute atomic E-state index is 0.177. The van der Waals surface area contributed by atoms with Crippen LogP contribution in [0.4, 0.5) is 0 Å². The van der Waals surface area contributed by atoms with Gasteiger partial charge in [0.05, 0.1) is 13.1 Å². The molecule has 0 heterocycles. The minimum Gasteiger partial charge on any atom is -0.458 e. The van der Waals surface area contributed by atoms with Gasteiger partial charge in [0.25, 0.3) is 0 Å². The van der Waals surface area contributed by atoms with Crippen molar-refractivity contribution >= 4 is 30.1 Å². The van der Waals surface area contributed by atoms with Crippen molar-refractivity contribution in [3.8, 4) is 0 Å². The molecule has 10 heteroatoms. The minimum atomic E-state index is -0.925. The predicted octanol–water partition coefficient (Wildman–Crippen LogP) is 2.54. The lowest BCUT2D eigenvalue weighted by molar-refractivity contribution is -0.161. The van der Waals surface area contributed by atoms with Crippen LogP contribution in [0.1, 0.15) is 39.5 Å². The van der Waals surface area contributed by atoms with Crippen molar-refractivity contribution in [2.75, 3.05) is 26.3 Å². The molecule has 1 unspecified atom stereocenters. The van der Waals surface area contributed by atoms with E-state index in [0.29, 0.717) is 13.1 Å². The molecule has 0 aliphatic rings. The zero-order valence-electron chi connectivity index (χ0n) is 18.6. The Morgan fingerprint density at radius 3 is 1.72 bits per heavy atom. The largest absolute Gasteiger partial charge is 0.458 e. The van der Waals surface area contributed by atoms with Gasteiger partial charge in [0.15, 0.2) is 6.10 Å². The molecular weight excluding hydrogens is 420 g/mol. The lowest BCUT2D eigenvalue weighted by Gasteiger charge is -2.17. The van der Waals surface area contributed by atoms with Crippen LogP contribution < -0.4 is 0 Å². The van der Waals surface area contributed by atoms with Gasteiger partial charge in [-0.2, -0.15) is 0 Å². The van der Waals surface area contributed by atoms with Gasteiger partial charge < -0.3 is 14.2 Å². The Labute approximate surface area is 187 Å². The number of carbonyl (C=O) groups excluding carboxylic acids is 5. The summed E-state index contributed by atoms with van der Waals surface area (Å²) in [6.07, 6.45) is 6.85. The van der Waals surface area contributed by atoms with Crippen LogP contribution in [0.15, 0.2) is 46.9 Å². The van der Waals surface area contributed by atoms with Gasteiger partial charge in [0.1, 0.15) is 13.2 Å². The molecule has 0 rings (SSSR count). The Morgan fingerprint density at radius 2 is 1.31 bits per heavy atom. The third kappa shape index (κ3) is 19.7. The van der Waals surface area contributed by atoms with Crippen molar-refractivity contribution in [3.63, 3.8) is 0 Å². The molecule has 0 N–H and O–H groups in total. The summed E-state index contributed by atoms with van der Waals surface area (Å²) in [4.78, 5) is 59.7. The van der Waals surface area contributed by atoms with Gasteiger partial charge >= 0.3 is 17.9 Å². The fraction of sp³-hybridized carbons (Fsp3) is 0.500. The molecule has 32 heavy (non-hydrogen) atoms. The normalized spacial score (nSPS) is 9.94. The Kier molecular flexibility index (Phi) is 19.7. The maximum atomic E-state index is 11.4. The summed E-state index contributed by atoms with van der Waals surface area (Å²) in [7, 11) is 0. The first kappa shape index (κ1) is 30.6. The van der Waals surface area contributed by atoms with Crippen LogP contribution in [0.5, 0.6) is 0 Å². The molecule has 0 aromatic carbocycles. The van der Waals surface area contributed by atoms with Crippen LogP contribution in [-0.4, -0.2) is 62.5 Å². The zero-order chi connectivity index (χ0) is 24.8. The van der Waals surface area contributed by atoms with Crippen LogP contribution in [0.2, 0.25) is 0 Å². The lowest BCUT2D eigenvalue weighted by atomic mass is 10.2. The third-order valence-electron chi connectivity index (χ3n) is 3.37. The Morgan fingerprint density at radius 1 is 0.844 bits per heavy atom. The number of ether oxygens (including phenoxy) is 3. The van der Waals surface area contributed by atoms with Crippen LogP contribution >= 0.6 is 0 Å². The predicted molar refractivity (Wildman–Crippen MR) is 116 cm³/mol. The number of rotatable bonds is 15. The van der Waals surface area contributed by atoms with Gasteiger partial charge in [-0.15, -0.1) is 0 Å². The first-order valence-corrected chi connectivity index (χ1v) is 9.75. The SMILES string of the molecule is C=CC(=O)OCC(COC(=O)C(=C)C)OC(=O)C(=C)C.O=C=NCCCCCCN=C=O. The highest BCUT2D eigenvalue weighted by atomic mass is 16.6. The Bertz CT molecular complexity index is 725. The summed E-state index contributed by atoms with van der Waals surface area (Å²) in [6.45, 7) is 13.6. The number of hydrogen-bond acceptors (Lipinski definition) is 10. The molecule has 0 spiro atoms. The van der Waals surface area contributed by atoms with E-state index in [9.17, 15) is 24.0 Å². The summed E-state index contributed by atoms with van der Waals surface area (Å²) < 4.78 is 14.6. The van der Waals surface area contributed by atoms with E-state index in [1.807, 2.05) is 0 Å². The lowest BCUT2D eigenvalue weighted by Crippen LogP contribution is -2.30. The van der Waals surface area contributed by atoms with Crippen molar-refractivity contribution in [2.24, 2.45) is 9.98 Å². The van der Waals surface area contributed by atoms with E-state index in [1.165, 1.54) is 26.0 Å². The number of aliphatic imine (C=N–C) groups is 2. The van der Waals surface area contributed by atoms with Crippen LogP contribution in [-0.2, 0) is 38.2 Å². The molecule has 0 aromatic heterocycles. The van der Waals surface area contributed by atoms with Gasteiger partial charge in [-0.05, 0) is 26.7 Å². The molecule has 176 valence electrons. The second kappa shape index (κ2) is 20.7. The fourth-order valence-corrected chi connectivity index (χ4v) is 1.72. The number of unbranched alkanes of at least 4 members (excludes halogenated alkanes) is 3. The summed E-state index contributed by atoms with van der Waals surface area (Å²) in [6, 6.07) is 0. The Hall–Kier alpha value is -3.61. The van der Waals surface area contributed by atoms with E-state index < -0.39 is 24.0 Å². The van der Waals surface area contributed by atoms with Crippen molar-refractivity contribution in [1.29, 1.82) is 0 Å². The molecule has 10 nitrogen and oxygen atoms in total. The van der Waals surface area contributed by atoms with Gasteiger partial charge in [0, 0.05) is 17.2 Å². The van der Waals surface area contributed by atoms with Crippen LogP contribution in [0, 0.1) is 0 Å². The highest BCUT2D eigenvalue weighted by Gasteiger charge is 2.19. The summed E-state index contributed by atoms with van der Waals surface area (Å²) in [5.74, 6) is -1.97. The molecule has 0 aliphatic carbocycles. The van der Waals surface area contributed by atoms with E-state index in [2.05, 4.69) is 29.7 Å². The van der Waals surface area contributed by atoms with Gasteiger partial charge in [0.2, 0.25) is 12.2 Å². The van der Waals surface area contributed by atoms with Crippen molar-refractivity contribution in [1.82, 2.24) is 0 Å². The highest BCUT2D eigenvalue weighted by Crippen LogP contribution is 2.03. The van der Waals surface area contributed by atoms with E-state index in [0.717, 1.165) is 31.8 Å². The second-order valence-corrected chi connectivity index (χ2v) is 6.38. The number of isocyanates is 2. The number of hydrogen-bond donors (Lipinski definition) is 0. The highest BCUT2D eigenvalue weighted by molar-refractivity contribution is 5.88. The standard InChI is InChI=1S/C14H18O6.C8H12N2O2/c1-6-12(15)18-7-11(20-14(17)10(4)5)8-19-13(16)9(2)3;11-7-9-5-3-1-2-4-6-10-8-12/h6,11H,1-2,4,7-8H2,3,5H3;1-6H2. The van der Waals surface area contributed by atoms with Crippen LogP contribution in [0.3, 0.4) is 0 Å². The number of nitrogens with zero attached hydrogens (tertiary/aromatic N) is 2. The van der Waals surface area contributed by atoms with E-state index in [1.54, 1.807) is 0 Å². The quantitative estimate of drug-likeness (QED) is 0.0926. The monoisotopic (exact) mass is 450 g/mol. The summed E-state index contributed by atoms with van der Waals surface area (Å²) >= 11 is 0. The molecule has 1 atom stereocenters. The van der Waals surface area contributed by atoms with Crippen molar-refractivity contribution in [3.05, 3.63) is 37.0 Å². The maximum Gasteiger partial charge on any atom is 0.333 e. The first-order valence-electron chi connectivity index (χ1n) is 9.75. The maximum absolute atomic E-state index is 11.4. The molecule has 0 amide bonds. The smallest absolute Gasteiger partial charge is 0.333 e. The molecule has 0 aliphatic heterocycles. The second-order valence-electron chi connectivity index (χ2n) is 6.38. The average Bonchev–Trinajstić information content (AvgIpc) is 2.77. The average molecular weight is 450 g/mol. The number of esters is 3. The van der Waals surface area contributed by atoms with Gasteiger partial charge in [-0.25, -0.2) is 34.0 Å². The summed E-state index contributed by atoms with van der Waals surface area (Å²) in [5, 5.41) is 0. The summed E-state index contributed by atoms with van der Waals surface area (Å²) in [5.41, 5.74) is 0.384. The van der Waals surface area contributed by atoms with Gasteiger partial charge in [-0.3, -0.25) is 0 Å². The molecule has 0 radical (unpaired) electrons. The molecule has 0 bridgehead atoms. The fourth-order valence-electron chi connectivity index (χ4n) is 1.72. The topological polar surface area (TPSA) is 138 Å². The molecule has 0 saturated heterocycles. The van der Waals surface area contributed by atoms with E-state index in [-0.39, 0.29) is 24.4 Å². The van der Waals surface area contributed by atoms with Crippen LogP contribution in [0.25, 0.3) is 0 Å². The van der Waals surface area contributed by atoms with Crippen molar-refractivity contribution < 1.29 is 38.2 Å². The number of carbonyl (C=O) groups is 3. The molecular formula is C22H30N2O8. The molecule has 0 fully saturated rings. The van der Waals surface area contributed by atoms with E-state index in [4.69, 9.17) is 14.2 Å². The third-order valence-corrected chi connectivity index (χ3v) is 3.37. The zero-order valence-corrected chi connectivity index (χ0v) is 18.6. The van der Waals surface area contributed by atoms with Gasteiger partial charge in [-0.1, -0.05) is 32.6 Å².